The minimum atomic E-state index is 0.00857. The summed E-state index contributed by atoms with van der Waals surface area (Å²) in [5.41, 5.74) is 4.14. The zero-order chi connectivity index (χ0) is 19.6. The van der Waals surface area contributed by atoms with E-state index in [-0.39, 0.29) is 5.91 Å². The van der Waals surface area contributed by atoms with Crippen LogP contribution in [0.4, 0.5) is 0 Å². The second-order valence-electron chi connectivity index (χ2n) is 6.88. The van der Waals surface area contributed by atoms with E-state index in [0.29, 0.717) is 6.54 Å². The van der Waals surface area contributed by atoms with Gasteiger partial charge in [0.25, 0.3) is 5.91 Å². The molecule has 146 valence electrons. The van der Waals surface area contributed by atoms with E-state index in [1.54, 1.807) is 17.5 Å². The lowest BCUT2D eigenvalue weighted by Crippen LogP contribution is -2.25. The van der Waals surface area contributed by atoms with Gasteiger partial charge in [0.05, 0.1) is 11.3 Å². The van der Waals surface area contributed by atoms with Crippen molar-refractivity contribution >= 4 is 29.0 Å². The van der Waals surface area contributed by atoms with E-state index < -0.39 is 0 Å². The summed E-state index contributed by atoms with van der Waals surface area (Å²) < 4.78 is 3.88. The molecular formula is C22H20N4OS2. The number of hydrogen-bond donors (Lipinski definition) is 1. The molecule has 0 saturated carbocycles. The van der Waals surface area contributed by atoms with E-state index in [4.69, 9.17) is 0 Å². The average Bonchev–Trinajstić information content (AvgIpc) is 3.52. The summed E-state index contributed by atoms with van der Waals surface area (Å²) in [6.45, 7) is 0.503. The normalized spacial score (nSPS) is 13.2. The predicted octanol–water partition coefficient (Wildman–Crippen LogP) is 4.44. The molecule has 5 nitrogen and oxygen atoms in total. The largest absolute Gasteiger partial charge is 0.348 e. The molecular weight excluding hydrogens is 400 g/mol. The van der Waals surface area contributed by atoms with Gasteiger partial charge in [0.1, 0.15) is 5.00 Å². The molecule has 5 rings (SSSR count). The Hall–Kier alpha value is -2.77. The summed E-state index contributed by atoms with van der Waals surface area (Å²) in [7, 11) is 0. The van der Waals surface area contributed by atoms with E-state index in [1.807, 2.05) is 77.5 Å². The molecule has 1 N–H and O–H groups in total. The minimum Gasteiger partial charge on any atom is -0.348 e. The van der Waals surface area contributed by atoms with E-state index in [2.05, 4.69) is 15.0 Å². The number of carbonyl (C=O) groups excluding carboxylic acids is 1. The summed E-state index contributed by atoms with van der Waals surface area (Å²) in [5, 5.41) is 8.40. The maximum Gasteiger partial charge on any atom is 0.254 e. The first-order chi connectivity index (χ1) is 14.3. The van der Waals surface area contributed by atoms with Crippen molar-refractivity contribution in [3.8, 4) is 10.7 Å². The number of hydrogen-bond acceptors (Lipinski definition) is 4. The molecule has 4 aromatic rings. The van der Waals surface area contributed by atoms with Crippen LogP contribution in [0.25, 0.3) is 10.7 Å². The van der Waals surface area contributed by atoms with Crippen molar-refractivity contribution in [3.05, 3.63) is 88.8 Å². The SMILES string of the molecule is O=C(NCc1ccc(-n2cccn2)cc1)c1c(-n2cccc2)sc2c1CCSC2. The summed E-state index contributed by atoms with van der Waals surface area (Å²) in [4.78, 5) is 14.5. The molecule has 0 saturated heterocycles. The van der Waals surface area contributed by atoms with Crippen LogP contribution < -0.4 is 5.32 Å². The maximum atomic E-state index is 13.2. The van der Waals surface area contributed by atoms with Crippen LogP contribution in [-0.2, 0) is 18.7 Å². The van der Waals surface area contributed by atoms with Crippen molar-refractivity contribution in [3.63, 3.8) is 0 Å². The molecule has 3 aromatic heterocycles. The van der Waals surface area contributed by atoms with Gasteiger partial charge in [0.2, 0.25) is 0 Å². The average molecular weight is 421 g/mol. The second kappa shape index (κ2) is 7.93. The van der Waals surface area contributed by atoms with Crippen LogP contribution in [0.1, 0.15) is 26.4 Å². The van der Waals surface area contributed by atoms with Crippen molar-refractivity contribution in [2.24, 2.45) is 0 Å². The molecule has 7 heteroatoms. The molecule has 1 aliphatic heterocycles. The Balaban J connectivity index is 1.36. The van der Waals surface area contributed by atoms with Gasteiger partial charge >= 0.3 is 0 Å². The Morgan fingerprint density at radius 3 is 2.69 bits per heavy atom. The number of fused-ring (bicyclic) bond motifs is 1. The molecule has 4 heterocycles. The first-order valence-electron chi connectivity index (χ1n) is 9.52. The number of thioether (sulfide) groups is 1. The molecule has 0 spiro atoms. The first-order valence-corrected chi connectivity index (χ1v) is 11.5. The highest BCUT2D eigenvalue weighted by molar-refractivity contribution is 7.98. The Morgan fingerprint density at radius 1 is 1.10 bits per heavy atom. The van der Waals surface area contributed by atoms with Crippen molar-refractivity contribution in [1.82, 2.24) is 19.7 Å². The highest BCUT2D eigenvalue weighted by Gasteiger charge is 2.26. The molecule has 0 unspecified atom stereocenters. The number of nitrogens with one attached hydrogen (secondary N) is 1. The van der Waals surface area contributed by atoms with Gasteiger partial charge in [-0.2, -0.15) is 16.9 Å². The number of thiophene rings is 1. The second-order valence-corrected chi connectivity index (χ2v) is 9.07. The smallest absolute Gasteiger partial charge is 0.254 e. The number of aromatic nitrogens is 3. The van der Waals surface area contributed by atoms with Gasteiger partial charge in [-0.05, 0) is 53.6 Å². The maximum absolute atomic E-state index is 13.2. The molecule has 29 heavy (non-hydrogen) atoms. The lowest BCUT2D eigenvalue weighted by Gasteiger charge is -2.13. The van der Waals surface area contributed by atoms with Crippen LogP contribution in [0.2, 0.25) is 0 Å². The fourth-order valence-corrected chi connectivity index (χ4v) is 6.01. The third kappa shape index (κ3) is 3.63. The zero-order valence-electron chi connectivity index (χ0n) is 15.7. The number of benzene rings is 1. The zero-order valence-corrected chi connectivity index (χ0v) is 17.4. The van der Waals surface area contributed by atoms with Crippen molar-refractivity contribution in [1.29, 1.82) is 0 Å². The van der Waals surface area contributed by atoms with Crippen LogP contribution in [0.15, 0.2) is 67.3 Å². The number of amides is 1. The number of rotatable bonds is 5. The predicted molar refractivity (Wildman–Crippen MR) is 118 cm³/mol. The molecule has 0 atom stereocenters. The fraction of sp³-hybridized carbons (Fsp3) is 0.182. The Morgan fingerprint density at radius 2 is 1.93 bits per heavy atom. The molecule has 0 aliphatic carbocycles. The first kappa shape index (κ1) is 18.3. The Kier molecular flexibility index (Phi) is 4.99. The van der Waals surface area contributed by atoms with Crippen LogP contribution >= 0.6 is 23.1 Å². The highest BCUT2D eigenvalue weighted by atomic mass is 32.2. The van der Waals surface area contributed by atoms with Crippen LogP contribution in [0.3, 0.4) is 0 Å². The van der Waals surface area contributed by atoms with Gasteiger partial charge in [-0.1, -0.05) is 12.1 Å². The topological polar surface area (TPSA) is 51.9 Å². The van der Waals surface area contributed by atoms with Gasteiger partial charge in [0, 0.05) is 42.0 Å². The van der Waals surface area contributed by atoms with Crippen LogP contribution in [0, 0.1) is 0 Å². The lowest BCUT2D eigenvalue weighted by molar-refractivity contribution is 0.0950. The molecule has 0 radical (unpaired) electrons. The van der Waals surface area contributed by atoms with Crippen molar-refractivity contribution in [2.75, 3.05) is 5.75 Å². The summed E-state index contributed by atoms with van der Waals surface area (Å²) in [5.74, 6) is 2.08. The molecule has 0 bridgehead atoms. The molecule has 1 aliphatic rings. The molecule has 1 aromatic carbocycles. The van der Waals surface area contributed by atoms with E-state index in [0.717, 1.165) is 39.7 Å². The summed E-state index contributed by atoms with van der Waals surface area (Å²) in [6, 6.07) is 14.0. The number of nitrogens with zero attached hydrogens (tertiary/aromatic N) is 3. The lowest BCUT2D eigenvalue weighted by atomic mass is 10.1. The number of carbonyl (C=O) groups is 1. The van der Waals surface area contributed by atoms with Crippen molar-refractivity contribution in [2.45, 2.75) is 18.7 Å². The van der Waals surface area contributed by atoms with Gasteiger partial charge in [0.15, 0.2) is 0 Å². The van der Waals surface area contributed by atoms with E-state index in [1.165, 1.54) is 10.4 Å². The Labute approximate surface area is 177 Å². The highest BCUT2D eigenvalue weighted by Crippen LogP contribution is 2.38. The minimum absolute atomic E-state index is 0.00857. The summed E-state index contributed by atoms with van der Waals surface area (Å²) >= 11 is 3.68. The van der Waals surface area contributed by atoms with E-state index >= 15 is 0 Å². The Bertz CT molecular complexity index is 1110. The quantitative estimate of drug-likeness (QED) is 0.519. The summed E-state index contributed by atoms with van der Waals surface area (Å²) in [6.07, 6.45) is 8.65. The molecule has 0 fully saturated rings. The van der Waals surface area contributed by atoms with Crippen molar-refractivity contribution < 1.29 is 4.79 Å². The third-order valence-electron chi connectivity index (χ3n) is 5.03. The van der Waals surface area contributed by atoms with Gasteiger partial charge in [-0.3, -0.25) is 4.79 Å². The van der Waals surface area contributed by atoms with Gasteiger partial charge in [-0.25, -0.2) is 4.68 Å². The molecule has 1 amide bonds. The van der Waals surface area contributed by atoms with Crippen LogP contribution in [0.5, 0.6) is 0 Å². The monoisotopic (exact) mass is 420 g/mol. The fourth-order valence-electron chi connectivity index (χ4n) is 3.56. The third-order valence-corrected chi connectivity index (χ3v) is 7.44. The standard InChI is InChI=1S/C22H20N4OS2/c27-21(23-14-16-4-6-17(7-5-16)26-12-3-9-24-26)20-18-8-13-28-15-19(18)29-22(20)25-10-1-2-11-25/h1-7,9-12H,8,13-15H2,(H,23,27). The van der Waals surface area contributed by atoms with Gasteiger partial charge < -0.3 is 9.88 Å². The van der Waals surface area contributed by atoms with Crippen LogP contribution in [-0.4, -0.2) is 26.0 Å². The van der Waals surface area contributed by atoms with E-state index in [9.17, 15) is 4.79 Å². The van der Waals surface area contributed by atoms with Gasteiger partial charge in [-0.15, -0.1) is 11.3 Å².